The number of hydrogen-bond donors (Lipinski definition) is 0. The van der Waals surface area contributed by atoms with Crippen LogP contribution in [-0.2, 0) is 20.7 Å². The van der Waals surface area contributed by atoms with E-state index in [0.717, 1.165) is 24.2 Å². The van der Waals surface area contributed by atoms with Crippen LogP contribution in [-0.4, -0.2) is 25.5 Å². The van der Waals surface area contributed by atoms with Crippen LogP contribution in [0.4, 0.5) is 0 Å². The van der Waals surface area contributed by atoms with Crippen molar-refractivity contribution in [2.24, 2.45) is 0 Å². The second kappa shape index (κ2) is 11.4. The number of carbonyl (C=O) groups excluding carboxylic acids is 1. The molecule has 0 spiro atoms. The molecule has 0 aliphatic rings. The lowest BCUT2D eigenvalue weighted by Gasteiger charge is -2.17. The van der Waals surface area contributed by atoms with Crippen LogP contribution in [0.25, 0.3) is 0 Å². The van der Waals surface area contributed by atoms with Gasteiger partial charge in [0.1, 0.15) is 12.4 Å². The molecule has 1 atom stereocenters. The number of hydrogen-bond acceptors (Lipinski definition) is 4. The van der Waals surface area contributed by atoms with E-state index >= 15 is 0 Å². The van der Waals surface area contributed by atoms with Gasteiger partial charge in [0.15, 0.2) is 6.29 Å². The van der Waals surface area contributed by atoms with Gasteiger partial charge in [-0.05, 0) is 48.9 Å². The molecule has 0 heterocycles. The molecule has 4 heteroatoms. The molecule has 0 aliphatic heterocycles. The molecule has 0 saturated heterocycles. The molecule has 2 rings (SSSR count). The molecular formula is C23H30O4. The van der Waals surface area contributed by atoms with Crippen molar-refractivity contribution in [3.63, 3.8) is 0 Å². The first-order chi connectivity index (χ1) is 13.1. The first kappa shape index (κ1) is 21.0. The summed E-state index contributed by atoms with van der Waals surface area (Å²) in [6, 6.07) is 17.7. The first-order valence-electron chi connectivity index (χ1n) is 9.70. The molecule has 1 unspecified atom stereocenters. The van der Waals surface area contributed by atoms with Crippen LogP contribution in [0.15, 0.2) is 54.6 Å². The molecule has 146 valence electrons. The summed E-state index contributed by atoms with van der Waals surface area (Å²) in [6.45, 7) is 6.77. The van der Waals surface area contributed by atoms with E-state index in [1.54, 1.807) is 0 Å². The van der Waals surface area contributed by atoms with Crippen LogP contribution >= 0.6 is 0 Å². The van der Waals surface area contributed by atoms with E-state index in [-0.39, 0.29) is 19.0 Å². The fourth-order valence-electron chi connectivity index (χ4n) is 2.99. The lowest BCUT2D eigenvalue weighted by molar-refractivity contribution is -0.147. The van der Waals surface area contributed by atoms with Gasteiger partial charge >= 0.3 is 5.97 Å². The summed E-state index contributed by atoms with van der Waals surface area (Å²) < 4.78 is 16.5. The molecule has 2 aromatic rings. The average Bonchev–Trinajstić information content (AvgIpc) is 2.68. The molecule has 0 radical (unpaired) electrons. The van der Waals surface area contributed by atoms with E-state index in [0.29, 0.717) is 12.5 Å². The van der Waals surface area contributed by atoms with Crippen molar-refractivity contribution in [1.82, 2.24) is 0 Å². The van der Waals surface area contributed by atoms with Gasteiger partial charge < -0.3 is 14.2 Å². The Morgan fingerprint density at radius 3 is 2.22 bits per heavy atom. The van der Waals surface area contributed by atoms with Gasteiger partial charge in [-0.15, -0.1) is 0 Å². The third-order valence-electron chi connectivity index (χ3n) is 4.53. The van der Waals surface area contributed by atoms with Crippen LogP contribution in [0.3, 0.4) is 0 Å². The highest BCUT2D eigenvalue weighted by atomic mass is 16.7. The molecule has 0 aliphatic carbocycles. The van der Waals surface area contributed by atoms with Gasteiger partial charge in [0.25, 0.3) is 0 Å². The van der Waals surface area contributed by atoms with Crippen LogP contribution in [0, 0.1) is 0 Å². The largest absolute Gasteiger partial charge is 0.465 e. The van der Waals surface area contributed by atoms with Crippen molar-refractivity contribution in [2.45, 2.75) is 52.2 Å². The molecule has 0 amide bonds. The van der Waals surface area contributed by atoms with Gasteiger partial charge in [0, 0.05) is 0 Å². The summed E-state index contributed by atoms with van der Waals surface area (Å²) in [4.78, 5) is 11.8. The summed E-state index contributed by atoms with van der Waals surface area (Å²) >= 11 is 0. The maximum atomic E-state index is 11.8. The van der Waals surface area contributed by atoms with E-state index in [9.17, 15) is 4.79 Å². The smallest absolute Gasteiger partial charge is 0.310 e. The molecule has 0 aromatic heterocycles. The summed E-state index contributed by atoms with van der Waals surface area (Å²) in [5.41, 5.74) is 2.28. The Hall–Kier alpha value is -2.33. The van der Waals surface area contributed by atoms with E-state index in [1.165, 1.54) is 5.56 Å². The van der Waals surface area contributed by atoms with Gasteiger partial charge in [-0.2, -0.15) is 0 Å². The number of rotatable bonds is 11. The molecule has 2 aromatic carbocycles. The summed E-state index contributed by atoms with van der Waals surface area (Å²) in [6.07, 6.45) is 2.14. The summed E-state index contributed by atoms with van der Waals surface area (Å²) in [5, 5.41) is 0. The van der Waals surface area contributed by atoms with Crippen molar-refractivity contribution in [2.75, 3.05) is 13.2 Å². The molecular weight excluding hydrogens is 340 g/mol. The van der Waals surface area contributed by atoms with Gasteiger partial charge in [-0.3, -0.25) is 4.79 Å². The SMILES string of the molecule is CCC(CC)c1ccc(OC(C)OCCOC(=O)Cc2ccccc2)cc1. The molecule has 27 heavy (non-hydrogen) atoms. The highest BCUT2D eigenvalue weighted by Crippen LogP contribution is 2.25. The maximum absolute atomic E-state index is 11.8. The zero-order valence-corrected chi connectivity index (χ0v) is 16.5. The highest BCUT2D eigenvalue weighted by Gasteiger charge is 2.09. The lowest BCUT2D eigenvalue weighted by Crippen LogP contribution is -2.20. The van der Waals surface area contributed by atoms with Crippen molar-refractivity contribution < 1.29 is 19.0 Å². The van der Waals surface area contributed by atoms with E-state index in [1.807, 2.05) is 49.4 Å². The average molecular weight is 370 g/mol. The summed E-state index contributed by atoms with van der Waals surface area (Å²) in [7, 11) is 0. The molecule has 0 bridgehead atoms. The Kier molecular flexibility index (Phi) is 8.85. The second-order valence-electron chi connectivity index (χ2n) is 6.52. The minimum absolute atomic E-state index is 0.215. The number of carbonyl (C=O) groups is 1. The van der Waals surface area contributed by atoms with Crippen LogP contribution in [0.1, 0.15) is 50.7 Å². The minimum Gasteiger partial charge on any atom is -0.465 e. The Morgan fingerprint density at radius 2 is 1.59 bits per heavy atom. The normalized spacial score (nSPS) is 12.0. The Balaban J connectivity index is 1.65. The van der Waals surface area contributed by atoms with Gasteiger partial charge in [0.2, 0.25) is 0 Å². The van der Waals surface area contributed by atoms with Gasteiger partial charge in [-0.1, -0.05) is 56.3 Å². The molecule has 4 nitrogen and oxygen atoms in total. The topological polar surface area (TPSA) is 44.8 Å². The maximum Gasteiger partial charge on any atom is 0.310 e. The predicted molar refractivity (Wildman–Crippen MR) is 107 cm³/mol. The van der Waals surface area contributed by atoms with Gasteiger partial charge in [-0.25, -0.2) is 0 Å². The zero-order chi connectivity index (χ0) is 19.5. The van der Waals surface area contributed by atoms with Crippen LogP contribution < -0.4 is 4.74 Å². The minimum atomic E-state index is -0.406. The lowest BCUT2D eigenvalue weighted by atomic mass is 9.94. The molecule has 0 N–H and O–H groups in total. The van der Waals surface area contributed by atoms with E-state index in [2.05, 4.69) is 26.0 Å². The number of ether oxygens (including phenoxy) is 3. The third kappa shape index (κ3) is 7.43. The fourth-order valence-corrected chi connectivity index (χ4v) is 2.99. The summed E-state index contributed by atoms with van der Waals surface area (Å²) in [5.74, 6) is 1.12. The van der Waals surface area contributed by atoms with Crippen molar-refractivity contribution in [1.29, 1.82) is 0 Å². The number of esters is 1. The van der Waals surface area contributed by atoms with Crippen LogP contribution in [0.2, 0.25) is 0 Å². The Labute approximate surface area is 162 Å². The second-order valence-corrected chi connectivity index (χ2v) is 6.52. The standard InChI is InChI=1S/C23H30O4/c1-4-20(5-2)21-11-13-22(14-12-21)27-18(3)25-15-16-26-23(24)17-19-9-7-6-8-10-19/h6-14,18,20H,4-5,15-17H2,1-3H3. The number of benzene rings is 2. The fraction of sp³-hybridized carbons (Fsp3) is 0.435. The monoisotopic (exact) mass is 370 g/mol. The zero-order valence-electron chi connectivity index (χ0n) is 16.5. The third-order valence-corrected chi connectivity index (χ3v) is 4.53. The molecule has 0 saturated carbocycles. The highest BCUT2D eigenvalue weighted by molar-refractivity contribution is 5.72. The van der Waals surface area contributed by atoms with E-state index in [4.69, 9.17) is 14.2 Å². The van der Waals surface area contributed by atoms with Crippen molar-refractivity contribution >= 4 is 5.97 Å². The predicted octanol–water partition coefficient (Wildman–Crippen LogP) is 5.12. The Morgan fingerprint density at radius 1 is 0.926 bits per heavy atom. The molecule has 0 fully saturated rings. The Bertz CT molecular complexity index is 663. The van der Waals surface area contributed by atoms with Crippen molar-refractivity contribution in [3.8, 4) is 5.75 Å². The van der Waals surface area contributed by atoms with Crippen molar-refractivity contribution in [3.05, 3.63) is 65.7 Å². The quantitative estimate of drug-likeness (QED) is 0.313. The van der Waals surface area contributed by atoms with Gasteiger partial charge in [0.05, 0.1) is 13.0 Å². The van der Waals surface area contributed by atoms with Crippen LogP contribution in [0.5, 0.6) is 5.75 Å². The first-order valence-corrected chi connectivity index (χ1v) is 9.70. The van der Waals surface area contributed by atoms with E-state index < -0.39 is 6.29 Å².